The number of hydrogen-bond acceptors (Lipinski definition) is 5. The lowest BCUT2D eigenvalue weighted by Gasteiger charge is -2.36. The Morgan fingerprint density at radius 1 is 1.32 bits per heavy atom. The molecule has 0 fully saturated rings. The number of halogens is 1. The van der Waals surface area contributed by atoms with Crippen LogP contribution in [0.1, 0.15) is 30.4 Å². The maximum atomic E-state index is 12.9. The first kappa shape index (κ1) is 13.9. The molecule has 0 saturated heterocycles. The Kier molecular flexibility index (Phi) is 2.93. The summed E-state index contributed by atoms with van der Waals surface area (Å²) in [6.07, 6.45) is 3.27. The zero-order valence-electron chi connectivity index (χ0n) is 12.0. The van der Waals surface area contributed by atoms with Crippen molar-refractivity contribution in [3.63, 3.8) is 0 Å². The van der Waals surface area contributed by atoms with E-state index in [0.29, 0.717) is 10.7 Å². The van der Waals surface area contributed by atoms with Crippen LogP contribution in [-0.4, -0.2) is 21.5 Å². The van der Waals surface area contributed by atoms with E-state index < -0.39 is 5.41 Å². The number of fused-ring (bicyclic) bond motifs is 4. The molecule has 1 aliphatic heterocycles. The van der Waals surface area contributed by atoms with E-state index in [0.717, 1.165) is 21.8 Å². The number of carbonyl (C=O) groups is 1. The molecule has 2 heterocycles. The molecule has 1 atom stereocenters. The third-order valence-corrected chi connectivity index (χ3v) is 5.64. The monoisotopic (exact) mass is 329 g/mol. The summed E-state index contributed by atoms with van der Waals surface area (Å²) in [5.74, 6) is 0.0259. The van der Waals surface area contributed by atoms with Gasteiger partial charge in [-0.1, -0.05) is 11.6 Å². The third-order valence-electron chi connectivity index (χ3n) is 4.12. The summed E-state index contributed by atoms with van der Waals surface area (Å²) in [4.78, 5) is 27.0. The van der Waals surface area contributed by atoms with Gasteiger partial charge < -0.3 is 0 Å². The third kappa shape index (κ3) is 1.85. The minimum absolute atomic E-state index is 0.0259. The first-order chi connectivity index (χ1) is 10.5. The average Bonchev–Trinajstić information content (AvgIpc) is 2.52. The van der Waals surface area contributed by atoms with Crippen molar-refractivity contribution in [1.82, 2.24) is 9.97 Å². The number of aromatic nitrogens is 2. The molecule has 2 aromatic rings. The van der Waals surface area contributed by atoms with E-state index in [-0.39, 0.29) is 11.0 Å². The zero-order chi connectivity index (χ0) is 15.5. The minimum atomic E-state index is -0.664. The number of thioether (sulfide) groups is 1. The van der Waals surface area contributed by atoms with Crippen LogP contribution in [0.15, 0.2) is 40.6 Å². The fourth-order valence-electron chi connectivity index (χ4n) is 2.88. The highest BCUT2D eigenvalue weighted by Crippen LogP contribution is 2.51. The molecule has 0 N–H and O–H groups in total. The van der Waals surface area contributed by atoms with Gasteiger partial charge in [0.05, 0.1) is 22.0 Å². The predicted molar refractivity (Wildman–Crippen MR) is 87.2 cm³/mol. The van der Waals surface area contributed by atoms with E-state index in [4.69, 9.17) is 11.6 Å². The summed E-state index contributed by atoms with van der Waals surface area (Å²) in [5, 5.41) is 0.444. The van der Waals surface area contributed by atoms with E-state index >= 15 is 0 Å². The molecule has 1 aliphatic carbocycles. The Morgan fingerprint density at radius 2 is 2.14 bits per heavy atom. The summed E-state index contributed by atoms with van der Waals surface area (Å²) in [5.41, 5.74) is 2.40. The van der Waals surface area contributed by atoms with Crippen LogP contribution in [0, 0.1) is 0 Å². The lowest BCUT2D eigenvalue weighted by molar-refractivity contribution is -0.117. The highest BCUT2D eigenvalue weighted by molar-refractivity contribution is 8.00. The standard InChI is InChI=1S/C16H12ClN3OS/c1-16(2)9-6-18-7-19-12(9)14-13(15(16)21)20-10-5-8(17)3-4-11(10)22-14/h3-7,14H,1-2H3. The van der Waals surface area contributed by atoms with Gasteiger partial charge in [-0.2, -0.15) is 0 Å². The molecular formula is C16H12ClN3OS. The van der Waals surface area contributed by atoms with Crippen LogP contribution in [0.2, 0.25) is 5.02 Å². The van der Waals surface area contributed by atoms with Gasteiger partial charge in [-0.15, -0.1) is 11.8 Å². The van der Waals surface area contributed by atoms with Crippen LogP contribution in [0.3, 0.4) is 0 Å². The molecule has 1 aromatic heterocycles. The largest absolute Gasteiger partial charge is 0.292 e. The van der Waals surface area contributed by atoms with Crippen molar-refractivity contribution in [1.29, 1.82) is 0 Å². The Morgan fingerprint density at radius 3 is 2.95 bits per heavy atom. The Hall–Kier alpha value is -1.72. The number of carbonyl (C=O) groups excluding carboxylic acids is 1. The van der Waals surface area contributed by atoms with Crippen molar-refractivity contribution in [2.75, 3.05) is 0 Å². The van der Waals surface area contributed by atoms with Crippen LogP contribution in [0.25, 0.3) is 0 Å². The molecule has 0 saturated carbocycles. The van der Waals surface area contributed by atoms with E-state index in [1.54, 1.807) is 24.0 Å². The van der Waals surface area contributed by atoms with Crippen LogP contribution in [0.5, 0.6) is 0 Å². The summed E-state index contributed by atoms with van der Waals surface area (Å²) >= 11 is 7.64. The smallest absolute Gasteiger partial charge is 0.188 e. The summed E-state index contributed by atoms with van der Waals surface area (Å²) in [6, 6.07) is 5.57. The van der Waals surface area contributed by atoms with Crippen molar-refractivity contribution in [2.45, 2.75) is 29.4 Å². The number of hydrogen-bond donors (Lipinski definition) is 0. The van der Waals surface area contributed by atoms with Gasteiger partial charge in [0.15, 0.2) is 5.78 Å². The van der Waals surface area contributed by atoms with Gasteiger partial charge in [0, 0.05) is 21.7 Å². The first-order valence-electron chi connectivity index (χ1n) is 6.88. The van der Waals surface area contributed by atoms with Crippen molar-refractivity contribution in [3.8, 4) is 0 Å². The van der Waals surface area contributed by atoms with Crippen LogP contribution < -0.4 is 0 Å². The highest BCUT2D eigenvalue weighted by Gasteiger charge is 2.47. The SMILES string of the molecule is CC1(C)C(=O)C2=Nc3cc(Cl)ccc3SC2c2ncncc21. The van der Waals surface area contributed by atoms with Crippen LogP contribution in [0.4, 0.5) is 5.69 Å². The molecule has 2 aliphatic rings. The van der Waals surface area contributed by atoms with Gasteiger partial charge in [0.25, 0.3) is 0 Å². The normalized spacial score (nSPS) is 21.5. The van der Waals surface area contributed by atoms with Gasteiger partial charge in [-0.3, -0.25) is 4.79 Å². The van der Waals surface area contributed by atoms with Gasteiger partial charge in [0.2, 0.25) is 0 Å². The molecule has 110 valence electrons. The van der Waals surface area contributed by atoms with E-state index in [1.165, 1.54) is 6.33 Å². The molecule has 1 unspecified atom stereocenters. The van der Waals surface area contributed by atoms with Gasteiger partial charge in [0.1, 0.15) is 12.0 Å². The van der Waals surface area contributed by atoms with Gasteiger partial charge >= 0.3 is 0 Å². The summed E-state index contributed by atoms with van der Waals surface area (Å²) < 4.78 is 0. The van der Waals surface area contributed by atoms with Crippen LogP contribution in [-0.2, 0) is 10.2 Å². The maximum Gasteiger partial charge on any atom is 0.188 e. The first-order valence-corrected chi connectivity index (χ1v) is 8.14. The van der Waals surface area contributed by atoms with Gasteiger partial charge in [-0.25, -0.2) is 15.0 Å². The maximum absolute atomic E-state index is 12.9. The molecule has 0 bridgehead atoms. The molecule has 22 heavy (non-hydrogen) atoms. The molecule has 4 rings (SSSR count). The molecule has 4 nitrogen and oxygen atoms in total. The minimum Gasteiger partial charge on any atom is -0.292 e. The molecule has 0 radical (unpaired) electrons. The summed E-state index contributed by atoms with van der Waals surface area (Å²) in [6.45, 7) is 3.79. The van der Waals surface area contributed by atoms with E-state index in [1.807, 2.05) is 26.0 Å². The van der Waals surface area contributed by atoms with E-state index in [9.17, 15) is 4.79 Å². The summed E-state index contributed by atoms with van der Waals surface area (Å²) in [7, 11) is 0. The molecule has 1 aromatic carbocycles. The number of aliphatic imine (C=N–C) groups is 1. The second-order valence-corrected chi connectivity index (χ2v) is 7.47. The number of nitrogens with zero attached hydrogens (tertiary/aromatic N) is 3. The number of ketones is 1. The fraction of sp³-hybridized carbons (Fsp3) is 0.250. The number of rotatable bonds is 0. The Balaban J connectivity index is 1.97. The molecule has 6 heteroatoms. The van der Waals surface area contributed by atoms with E-state index in [2.05, 4.69) is 15.0 Å². The van der Waals surface area contributed by atoms with Crippen LogP contribution >= 0.6 is 23.4 Å². The quantitative estimate of drug-likeness (QED) is 0.735. The second-order valence-electron chi connectivity index (χ2n) is 5.88. The Labute approximate surface area is 137 Å². The average molecular weight is 330 g/mol. The second kappa shape index (κ2) is 4.64. The van der Waals surface area contributed by atoms with Crippen molar-refractivity contribution < 1.29 is 4.79 Å². The topological polar surface area (TPSA) is 55.2 Å². The van der Waals surface area contributed by atoms with Gasteiger partial charge in [-0.05, 0) is 32.0 Å². The fourth-order valence-corrected chi connectivity index (χ4v) is 4.24. The molecular weight excluding hydrogens is 318 g/mol. The zero-order valence-corrected chi connectivity index (χ0v) is 13.6. The highest BCUT2D eigenvalue weighted by atomic mass is 35.5. The predicted octanol–water partition coefficient (Wildman–Crippen LogP) is 3.91. The Bertz CT molecular complexity index is 847. The lowest BCUT2D eigenvalue weighted by atomic mass is 9.73. The van der Waals surface area contributed by atoms with Crippen molar-refractivity contribution in [2.24, 2.45) is 4.99 Å². The number of Topliss-reactive ketones (excluding diaryl/α,β-unsaturated/α-hetero) is 1. The molecule has 0 spiro atoms. The van der Waals surface area contributed by atoms with Crippen molar-refractivity contribution >= 4 is 40.5 Å². The number of benzene rings is 1. The molecule has 0 amide bonds. The van der Waals surface area contributed by atoms with Crippen molar-refractivity contribution in [3.05, 3.63) is 47.0 Å². The lowest BCUT2D eigenvalue weighted by Crippen LogP contribution is -2.44.